The molecule has 5 nitrogen and oxygen atoms in total. The van der Waals surface area contributed by atoms with E-state index in [9.17, 15) is 9.59 Å². The fourth-order valence-corrected chi connectivity index (χ4v) is 5.21. The van der Waals surface area contributed by atoms with Crippen molar-refractivity contribution in [1.82, 2.24) is 4.90 Å². The van der Waals surface area contributed by atoms with Crippen LogP contribution in [0.1, 0.15) is 51.0 Å². The molecule has 0 unspecified atom stereocenters. The minimum atomic E-state index is -0.763. The Morgan fingerprint density at radius 3 is 2.88 bits per heavy atom. The van der Waals surface area contributed by atoms with Crippen molar-refractivity contribution < 1.29 is 19.1 Å². The van der Waals surface area contributed by atoms with Crippen molar-refractivity contribution in [2.75, 3.05) is 13.2 Å². The van der Waals surface area contributed by atoms with Crippen molar-refractivity contribution in [3.05, 3.63) is 29.8 Å². The maximum atomic E-state index is 13.3. The van der Waals surface area contributed by atoms with Gasteiger partial charge in [-0.3, -0.25) is 9.59 Å². The van der Waals surface area contributed by atoms with Crippen molar-refractivity contribution in [3.63, 3.8) is 0 Å². The highest BCUT2D eigenvalue weighted by Gasteiger charge is 2.64. The second-order valence-corrected chi connectivity index (χ2v) is 7.17. The molecule has 3 aliphatic rings. The lowest BCUT2D eigenvalue weighted by molar-refractivity contribution is -0.210. The van der Waals surface area contributed by atoms with Crippen molar-refractivity contribution in [1.29, 1.82) is 0 Å². The predicted octanol–water partition coefficient (Wildman–Crippen LogP) is 3.09. The van der Waals surface area contributed by atoms with E-state index in [0.717, 1.165) is 37.0 Å². The number of ether oxygens (including phenoxy) is 2. The van der Waals surface area contributed by atoms with E-state index in [4.69, 9.17) is 9.47 Å². The van der Waals surface area contributed by atoms with E-state index in [1.165, 1.54) is 0 Å². The van der Waals surface area contributed by atoms with Crippen molar-refractivity contribution in [3.8, 4) is 5.75 Å². The normalized spacial score (nSPS) is 33.1. The molecular weight excluding hydrogens is 318 g/mol. The fourth-order valence-electron chi connectivity index (χ4n) is 5.21. The zero-order valence-electron chi connectivity index (χ0n) is 14.9. The van der Waals surface area contributed by atoms with Crippen LogP contribution in [0.25, 0.3) is 0 Å². The molecule has 134 valence electrons. The number of fused-ring (bicyclic) bond motifs is 2. The van der Waals surface area contributed by atoms with Crippen LogP contribution in [-0.2, 0) is 14.3 Å². The van der Waals surface area contributed by atoms with Gasteiger partial charge < -0.3 is 14.4 Å². The van der Waals surface area contributed by atoms with Gasteiger partial charge in [-0.15, -0.1) is 0 Å². The standard InChI is InChI=1S/C20H25NO4/c1-3-21-18(22)17(19(23)24-4-2)16-13-9-5-6-11-15(13)25-20(21)12-8-7-10-14(16)20/h5-6,9,11,14,16-17H,3-4,7-8,10,12H2,1-2H3/t14-,16+,17-,20+/m0/s1. The molecule has 1 saturated heterocycles. The number of hydrogen-bond donors (Lipinski definition) is 0. The maximum absolute atomic E-state index is 13.3. The van der Waals surface area contributed by atoms with Crippen LogP contribution in [0.2, 0.25) is 0 Å². The zero-order valence-corrected chi connectivity index (χ0v) is 14.9. The molecule has 25 heavy (non-hydrogen) atoms. The van der Waals surface area contributed by atoms with Crippen LogP contribution in [0.5, 0.6) is 5.75 Å². The Labute approximate surface area is 148 Å². The molecule has 2 fully saturated rings. The van der Waals surface area contributed by atoms with Gasteiger partial charge in [0.15, 0.2) is 5.72 Å². The highest BCUT2D eigenvalue weighted by molar-refractivity contribution is 6.00. The van der Waals surface area contributed by atoms with Gasteiger partial charge in [0.25, 0.3) is 0 Å². The van der Waals surface area contributed by atoms with Crippen molar-refractivity contribution in [2.45, 2.75) is 51.2 Å². The molecule has 1 aromatic rings. The van der Waals surface area contributed by atoms with Gasteiger partial charge in [0.1, 0.15) is 11.7 Å². The zero-order chi connectivity index (χ0) is 17.6. The molecular formula is C20H25NO4. The predicted molar refractivity (Wildman–Crippen MR) is 92.0 cm³/mol. The number of esters is 1. The van der Waals surface area contributed by atoms with Gasteiger partial charge in [-0.1, -0.05) is 24.6 Å². The number of carbonyl (C=O) groups excluding carboxylic acids is 2. The minimum absolute atomic E-state index is 0.140. The van der Waals surface area contributed by atoms with Gasteiger partial charge in [-0.25, -0.2) is 0 Å². The Bertz CT molecular complexity index is 703. The molecule has 1 aromatic carbocycles. The number of para-hydroxylation sites is 1. The summed E-state index contributed by atoms with van der Waals surface area (Å²) in [7, 11) is 0. The first-order valence-corrected chi connectivity index (χ1v) is 9.40. The second kappa shape index (κ2) is 6.04. The monoisotopic (exact) mass is 343 g/mol. The Morgan fingerprint density at radius 2 is 2.12 bits per heavy atom. The van der Waals surface area contributed by atoms with Crippen LogP contribution >= 0.6 is 0 Å². The van der Waals surface area contributed by atoms with Crippen LogP contribution in [0, 0.1) is 11.8 Å². The van der Waals surface area contributed by atoms with E-state index in [1.807, 2.05) is 36.1 Å². The lowest BCUT2D eigenvalue weighted by atomic mass is 9.61. The lowest BCUT2D eigenvalue weighted by Crippen LogP contribution is -2.70. The first-order valence-electron chi connectivity index (χ1n) is 9.40. The third-order valence-corrected chi connectivity index (χ3v) is 6.08. The number of likely N-dealkylation sites (tertiary alicyclic amines) is 1. The summed E-state index contributed by atoms with van der Waals surface area (Å²) in [5.41, 5.74) is 0.374. The summed E-state index contributed by atoms with van der Waals surface area (Å²) < 4.78 is 11.8. The minimum Gasteiger partial charge on any atom is -0.467 e. The number of nitrogens with zero attached hydrogens (tertiary/aromatic N) is 1. The molecule has 5 heteroatoms. The summed E-state index contributed by atoms with van der Waals surface area (Å²) in [5, 5.41) is 0. The number of hydrogen-bond acceptors (Lipinski definition) is 4. The third kappa shape index (κ3) is 2.21. The molecule has 4 atom stereocenters. The number of rotatable bonds is 3. The molecule has 2 aliphatic heterocycles. The van der Waals surface area contributed by atoms with E-state index in [2.05, 4.69) is 0 Å². The average Bonchev–Trinajstić information content (AvgIpc) is 2.61. The number of amides is 1. The Hall–Kier alpha value is -2.04. The molecule has 2 bridgehead atoms. The lowest BCUT2D eigenvalue weighted by Gasteiger charge is -2.60. The maximum Gasteiger partial charge on any atom is 0.319 e. The molecule has 1 saturated carbocycles. The summed E-state index contributed by atoms with van der Waals surface area (Å²) in [6.07, 6.45) is 3.95. The first-order chi connectivity index (χ1) is 12.1. The summed E-state index contributed by atoms with van der Waals surface area (Å²) in [5.74, 6) is -0.500. The average molecular weight is 343 g/mol. The van der Waals surface area contributed by atoms with Gasteiger partial charge in [0.2, 0.25) is 5.91 Å². The molecule has 0 radical (unpaired) electrons. The topological polar surface area (TPSA) is 55.8 Å². The molecule has 2 heterocycles. The SMILES string of the molecule is CCOC(=O)[C@@H]1C(=O)N(CC)[C@@]23CCCC[C@H]2[C@H]1c1ccccc1O3. The Balaban J connectivity index is 1.90. The highest BCUT2D eigenvalue weighted by Crippen LogP contribution is 2.58. The van der Waals surface area contributed by atoms with Crippen molar-refractivity contribution >= 4 is 11.9 Å². The fraction of sp³-hybridized carbons (Fsp3) is 0.600. The van der Waals surface area contributed by atoms with Gasteiger partial charge >= 0.3 is 5.97 Å². The van der Waals surface area contributed by atoms with E-state index in [1.54, 1.807) is 6.92 Å². The quantitative estimate of drug-likeness (QED) is 0.625. The van der Waals surface area contributed by atoms with Gasteiger partial charge in [0, 0.05) is 24.8 Å². The molecule has 4 rings (SSSR count). The van der Waals surface area contributed by atoms with Crippen LogP contribution in [0.15, 0.2) is 24.3 Å². The molecule has 1 amide bonds. The van der Waals surface area contributed by atoms with Gasteiger partial charge in [-0.2, -0.15) is 0 Å². The number of benzene rings is 1. The largest absolute Gasteiger partial charge is 0.467 e. The number of piperidine rings is 1. The molecule has 1 aliphatic carbocycles. The molecule has 0 N–H and O–H groups in total. The summed E-state index contributed by atoms with van der Waals surface area (Å²) >= 11 is 0. The van der Waals surface area contributed by atoms with E-state index >= 15 is 0 Å². The van der Waals surface area contributed by atoms with Crippen molar-refractivity contribution in [2.24, 2.45) is 11.8 Å². The van der Waals surface area contributed by atoms with Crippen LogP contribution in [0.3, 0.4) is 0 Å². The van der Waals surface area contributed by atoms with E-state index < -0.39 is 17.6 Å². The summed E-state index contributed by atoms with van der Waals surface area (Å²) in [6, 6.07) is 7.86. The molecule has 0 spiro atoms. The second-order valence-electron chi connectivity index (χ2n) is 7.17. The van der Waals surface area contributed by atoms with Gasteiger partial charge in [0.05, 0.1) is 6.61 Å². The Kier molecular flexibility index (Phi) is 3.97. The number of carbonyl (C=O) groups is 2. The van der Waals surface area contributed by atoms with Crippen LogP contribution in [0.4, 0.5) is 0 Å². The highest BCUT2D eigenvalue weighted by atomic mass is 16.5. The van der Waals surface area contributed by atoms with E-state index in [0.29, 0.717) is 6.54 Å². The summed E-state index contributed by atoms with van der Waals surface area (Å²) in [6.45, 7) is 4.58. The third-order valence-electron chi connectivity index (χ3n) is 6.08. The molecule has 0 aromatic heterocycles. The first kappa shape index (κ1) is 16.4. The summed E-state index contributed by atoms with van der Waals surface area (Å²) in [4.78, 5) is 27.8. The van der Waals surface area contributed by atoms with E-state index in [-0.39, 0.29) is 24.3 Å². The van der Waals surface area contributed by atoms with Crippen LogP contribution < -0.4 is 4.74 Å². The van der Waals surface area contributed by atoms with Crippen LogP contribution in [-0.4, -0.2) is 35.7 Å². The smallest absolute Gasteiger partial charge is 0.319 e. The van der Waals surface area contributed by atoms with Gasteiger partial charge in [-0.05, 0) is 38.3 Å². The Morgan fingerprint density at radius 1 is 1.32 bits per heavy atom.